The molecule has 0 saturated carbocycles. The number of hydrogen-bond acceptors (Lipinski definition) is 4. The van der Waals surface area contributed by atoms with Gasteiger partial charge in [0.25, 0.3) is 0 Å². The zero-order valence-corrected chi connectivity index (χ0v) is 11.7. The van der Waals surface area contributed by atoms with Crippen LogP contribution in [0.2, 0.25) is 0 Å². The zero-order chi connectivity index (χ0) is 13.7. The number of amides is 1. The molecule has 1 aliphatic heterocycles. The molecule has 1 heterocycles. The van der Waals surface area contributed by atoms with Gasteiger partial charge in [-0.25, -0.2) is 0 Å². The predicted octanol–water partition coefficient (Wildman–Crippen LogP) is 1.23. The van der Waals surface area contributed by atoms with Crippen LogP contribution in [0.5, 0.6) is 5.75 Å². The fourth-order valence-corrected chi connectivity index (χ4v) is 3.06. The summed E-state index contributed by atoms with van der Waals surface area (Å²) in [6, 6.07) is 6.36. The lowest BCUT2D eigenvalue weighted by atomic mass is 10.1. The van der Waals surface area contributed by atoms with Crippen molar-refractivity contribution in [2.45, 2.75) is 18.9 Å². The molecule has 4 nitrogen and oxygen atoms in total. The number of phenols is 1. The fraction of sp³-hybridized carbons (Fsp3) is 0.500. The van der Waals surface area contributed by atoms with E-state index >= 15 is 0 Å². The van der Waals surface area contributed by atoms with Gasteiger partial charge in [0.15, 0.2) is 0 Å². The first-order valence-electron chi connectivity index (χ1n) is 6.57. The van der Waals surface area contributed by atoms with Crippen molar-refractivity contribution in [1.82, 2.24) is 4.90 Å². The number of benzene rings is 1. The molecular formula is C14H20N2O2S. The van der Waals surface area contributed by atoms with Crippen molar-refractivity contribution in [3.63, 3.8) is 0 Å². The Bertz CT molecular complexity index is 414. The number of carbonyl (C=O) groups is 1. The summed E-state index contributed by atoms with van der Waals surface area (Å²) in [6.45, 7) is 1.61. The average molecular weight is 280 g/mol. The lowest BCUT2D eigenvalue weighted by molar-refractivity contribution is -0.132. The quantitative estimate of drug-likeness (QED) is 0.874. The van der Waals surface area contributed by atoms with Gasteiger partial charge in [0.1, 0.15) is 5.75 Å². The van der Waals surface area contributed by atoms with E-state index in [4.69, 9.17) is 5.73 Å². The van der Waals surface area contributed by atoms with Crippen LogP contribution in [0.15, 0.2) is 24.3 Å². The van der Waals surface area contributed by atoms with Crippen LogP contribution in [0.1, 0.15) is 12.0 Å². The third-order valence-corrected chi connectivity index (χ3v) is 4.29. The summed E-state index contributed by atoms with van der Waals surface area (Å²) in [5.41, 5.74) is 6.98. The van der Waals surface area contributed by atoms with Gasteiger partial charge in [-0.3, -0.25) is 4.79 Å². The minimum absolute atomic E-state index is 0.0376. The molecule has 19 heavy (non-hydrogen) atoms. The van der Waals surface area contributed by atoms with Gasteiger partial charge in [-0.1, -0.05) is 12.1 Å². The second kappa shape index (κ2) is 6.82. The van der Waals surface area contributed by atoms with Gasteiger partial charge < -0.3 is 15.7 Å². The Morgan fingerprint density at radius 2 is 2.05 bits per heavy atom. The second-order valence-corrected chi connectivity index (χ2v) is 5.99. The monoisotopic (exact) mass is 280 g/mol. The van der Waals surface area contributed by atoms with E-state index in [0.717, 1.165) is 36.6 Å². The summed E-state index contributed by atoms with van der Waals surface area (Å²) >= 11 is 1.89. The summed E-state index contributed by atoms with van der Waals surface area (Å²) in [5, 5.41) is 9.23. The van der Waals surface area contributed by atoms with Gasteiger partial charge in [-0.05, 0) is 36.3 Å². The number of rotatable bonds is 3. The van der Waals surface area contributed by atoms with Crippen LogP contribution in [-0.2, 0) is 11.2 Å². The number of hydrogen-bond donors (Lipinski definition) is 2. The third kappa shape index (κ3) is 4.14. The molecular weight excluding hydrogens is 260 g/mol. The molecule has 1 saturated heterocycles. The molecule has 3 N–H and O–H groups in total. The molecule has 1 aromatic carbocycles. The Balaban J connectivity index is 1.92. The molecule has 1 fully saturated rings. The Morgan fingerprint density at radius 1 is 1.32 bits per heavy atom. The minimum atomic E-state index is -0.493. The summed E-state index contributed by atoms with van der Waals surface area (Å²) in [7, 11) is 0. The van der Waals surface area contributed by atoms with Crippen LogP contribution >= 0.6 is 11.8 Å². The molecule has 1 atom stereocenters. The van der Waals surface area contributed by atoms with Crippen LogP contribution in [-0.4, -0.2) is 46.6 Å². The maximum Gasteiger partial charge on any atom is 0.239 e. The number of aromatic hydroxyl groups is 1. The molecule has 1 aromatic rings. The first-order chi connectivity index (χ1) is 9.16. The number of thioether (sulfide) groups is 1. The second-order valence-electron chi connectivity index (χ2n) is 4.77. The summed E-state index contributed by atoms with van der Waals surface area (Å²) < 4.78 is 0. The van der Waals surface area contributed by atoms with Crippen molar-refractivity contribution in [3.05, 3.63) is 29.8 Å². The highest BCUT2D eigenvalue weighted by Gasteiger charge is 2.22. The number of nitrogens with two attached hydrogens (primary N) is 1. The van der Waals surface area contributed by atoms with E-state index in [1.54, 1.807) is 24.3 Å². The average Bonchev–Trinajstić information content (AvgIpc) is 2.69. The maximum atomic E-state index is 12.3. The van der Waals surface area contributed by atoms with Crippen molar-refractivity contribution >= 4 is 17.7 Å². The first kappa shape index (κ1) is 14.2. The molecule has 0 aromatic heterocycles. The summed E-state index contributed by atoms with van der Waals surface area (Å²) in [4.78, 5) is 14.1. The fourth-order valence-electron chi connectivity index (χ4n) is 2.17. The summed E-state index contributed by atoms with van der Waals surface area (Å²) in [5.74, 6) is 2.39. The topological polar surface area (TPSA) is 66.6 Å². The van der Waals surface area contributed by atoms with E-state index in [0.29, 0.717) is 6.42 Å². The Morgan fingerprint density at radius 3 is 2.79 bits per heavy atom. The SMILES string of the molecule is N[C@H](Cc1ccc(O)cc1)C(=O)N1CCCSCC1. The molecule has 0 unspecified atom stereocenters. The normalized spacial score (nSPS) is 17.8. The van der Waals surface area contributed by atoms with Gasteiger partial charge in [-0.2, -0.15) is 11.8 Å². The number of carbonyl (C=O) groups excluding carboxylic acids is 1. The van der Waals surface area contributed by atoms with Crippen molar-refractivity contribution in [3.8, 4) is 5.75 Å². The lowest BCUT2D eigenvalue weighted by Gasteiger charge is -2.23. The highest BCUT2D eigenvalue weighted by molar-refractivity contribution is 7.99. The van der Waals surface area contributed by atoms with Crippen molar-refractivity contribution in [2.75, 3.05) is 24.6 Å². The van der Waals surface area contributed by atoms with Gasteiger partial charge in [0, 0.05) is 18.8 Å². The predicted molar refractivity (Wildman–Crippen MR) is 78.3 cm³/mol. The molecule has 0 radical (unpaired) electrons. The molecule has 1 aliphatic rings. The van der Waals surface area contributed by atoms with Crippen LogP contribution in [0.4, 0.5) is 0 Å². The Labute approximate surface area is 118 Å². The smallest absolute Gasteiger partial charge is 0.239 e. The number of nitrogens with zero attached hydrogens (tertiary/aromatic N) is 1. The zero-order valence-electron chi connectivity index (χ0n) is 10.9. The Hall–Kier alpha value is -1.20. The minimum Gasteiger partial charge on any atom is -0.508 e. The first-order valence-corrected chi connectivity index (χ1v) is 7.72. The molecule has 0 aliphatic carbocycles. The van der Waals surface area contributed by atoms with Crippen LogP contribution in [0, 0.1) is 0 Å². The van der Waals surface area contributed by atoms with Crippen LogP contribution in [0.3, 0.4) is 0 Å². The molecule has 2 rings (SSSR count). The van der Waals surface area contributed by atoms with Gasteiger partial charge in [0.2, 0.25) is 5.91 Å². The summed E-state index contributed by atoms with van der Waals surface area (Å²) in [6.07, 6.45) is 1.56. The van der Waals surface area contributed by atoms with Crippen LogP contribution < -0.4 is 5.73 Å². The van der Waals surface area contributed by atoms with Gasteiger partial charge in [-0.15, -0.1) is 0 Å². The lowest BCUT2D eigenvalue weighted by Crippen LogP contribution is -2.45. The molecule has 1 amide bonds. The van der Waals surface area contributed by atoms with Gasteiger partial charge in [0.05, 0.1) is 6.04 Å². The van der Waals surface area contributed by atoms with E-state index in [-0.39, 0.29) is 11.7 Å². The largest absolute Gasteiger partial charge is 0.508 e. The van der Waals surface area contributed by atoms with E-state index < -0.39 is 6.04 Å². The molecule has 5 heteroatoms. The molecule has 104 valence electrons. The van der Waals surface area contributed by atoms with E-state index in [2.05, 4.69) is 0 Å². The molecule has 0 spiro atoms. The van der Waals surface area contributed by atoms with Gasteiger partial charge >= 0.3 is 0 Å². The van der Waals surface area contributed by atoms with Crippen molar-refractivity contribution in [2.24, 2.45) is 5.73 Å². The maximum absolute atomic E-state index is 12.3. The third-order valence-electron chi connectivity index (χ3n) is 3.24. The van der Waals surface area contributed by atoms with Crippen LogP contribution in [0.25, 0.3) is 0 Å². The van der Waals surface area contributed by atoms with Crippen molar-refractivity contribution < 1.29 is 9.90 Å². The Kier molecular flexibility index (Phi) is 5.10. The van der Waals surface area contributed by atoms with E-state index in [1.807, 2.05) is 16.7 Å². The standard InChI is InChI=1S/C14H20N2O2S/c15-13(10-11-2-4-12(17)5-3-11)14(18)16-6-1-8-19-9-7-16/h2-5,13,17H,1,6-10,15H2/t13-/m1/s1. The van der Waals surface area contributed by atoms with E-state index in [9.17, 15) is 9.90 Å². The van der Waals surface area contributed by atoms with E-state index in [1.165, 1.54) is 0 Å². The molecule has 0 bridgehead atoms. The van der Waals surface area contributed by atoms with Crippen molar-refractivity contribution in [1.29, 1.82) is 0 Å². The highest BCUT2D eigenvalue weighted by atomic mass is 32.2. The number of phenolic OH excluding ortho intramolecular Hbond substituents is 1. The highest BCUT2D eigenvalue weighted by Crippen LogP contribution is 2.14.